The summed E-state index contributed by atoms with van der Waals surface area (Å²) in [6.45, 7) is 6.34. The van der Waals surface area contributed by atoms with Crippen LogP contribution in [0.2, 0.25) is 0 Å². The number of hydrogen-bond acceptors (Lipinski definition) is 4. The first-order valence-corrected chi connectivity index (χ1v) is 6.81. The molecular weight excluding hydrogens is 228 g/mol. The molecule has 0 spiro atoms. The molecule has 1 aromatic heterocycles. The van der Waals surface area contributed by atoms with Crippen molar-refractivity contribution < 1.29 is 5.11 Å². The monoisotopic (exact) mass is 252 g/mol. The normalized spacial score (nSPS) is 20.7. The molecule has 0 aromatic carbocycles. The third-order valence-corrected chi connectivity index (χ3v) is 4.12. The molecule has 1 N–H and O–H groups in total. The van der Waals surface area contributed by atoms with E-state index in [-0.39, 0.29) is 5.54 Å². The summed E-state index contributed by atoms with van der Waals surface area (Å²) < 4.78 is 1.66. The van der Waals surface area contributed by atoms with E-state index in [9.17, 15) is 5.11 Å². The minimum atomic E-state index is -0.560. The van der Waals surface area contributed by atoms with Crippen molar-refractivity contribution in [2.45, 2.75) is 51.2 Å². The summed E-state index contributed by atoms with van der Waals surface area (Å²) >= 11 is 0. The van der Waals surface area contributed by atoms with E-state index < -0.39 is 6.10 Å². The zero-order valence-electron chi connectivity index (χ0n) is 11.6. The zero-order valence-corrected chi connectivity index (χ0v) is 11.6. The van der Waals surface area contributed by atoms with Gasteiger partial charge in [-0.3, -0.25) is 4.90 Å². The lowest BCUT2D eigenvalue weighted by atomic mass is 9.92. The van der Waals surface area contributed by atoms with E-state index in [0.29, 0.717) is 0 Å². The lowest BCUT2D eigenvalue weighted by Crippen LogP contribution is -2.49. The highest BCUT2D eigenvalue weighted by molar-refractivity contribution is 5.07. The van der Waals surface area contributed by atoms with Crippen molar-refractivity contribution in [1.29, 1.82) is 0 Å². The smallest absolute Gasteiger partial charge is 0.115 e. The maximum Gasteiger partial charge on any atom is 0.115 e. The van der Waals surface area contributed by atoms with Gasteiger partial charge in [-0.1, -0.05) is 18.1 Å². The molecule has 2 heterocycles. The zero-order chi connectivity index (χ0) is 13.2. The summed E-state index contributed by atoms with van der Waals surface area (Å²) in [5.74, 6) is 0. The molecule has 0 radical (unpaired) electrons. The summed E-state index contributed by atoms with van der Waals surface area (Å²) in [6.07, 6.45) is 6.14. The van der Waals surface area contributed by atoms with E-state index in [4.69, 9.17) is 0 Å². The topological polar surface area (TPSA) is 54.2 Å². The summed E-state index contributed by atoms with van der Waals surface area (Å²) in [6, 6.07) is 0. The Morgan fingerprint density at radius 1 is 1.22 bits per heavy atom. The van der Waals surface area contributed by atoms with E-state index in [1.807, 2.05) is 7.05 Å². The molecule has 2 rings (SSSR count). The van der Waals surface area contributed by atoms with Crippen molar-refractivity contribution in [2.24, 2.45) is 7.05 Å². The molecule has 0 saturated carbocycles. The number of aryl methyl sites for hydroxylation is 1. The van der Waals surface area contributed by atoms with Gasteiger partial charge in [-0.2, -0.15) is 0 Å². The van der Waals surface area contributed by atoms with E-state index in [2.05, 4.69) is 29.1 Å². The van der Waals surface area contributed by atoms with Crippen LogP contribution < -0.4 is 0 Å². The molecular formula is C13H24N4O. The highest BCUT2D eigenvalue weighted by Crippen LogP contribution is 2.32. The van der Waals surface area contributed by atoms with Crippen molar-refractivity contribution in [2.75, 3.05) is 13.1 Å². The minimum absolute atomic E-state index is 0.278. The molecule has 1 saturated heterocycles. The fourth-order valence-electron chi connectivity index (χ4n) is 2.73. The molecule has 18 heavy (non-hydrogen) atoms. The average molecular weight is 252 g/mol. The van der Waals surface area contributed by atoms with Gasteiger partial charge >= 0.3 is 0 Å². The predicted octanol–water partition coefficient (Wildman–Crippen LogP) is 1.50. The molecule has 1 aromatic rings. The molecule has 1 atom stereocenters. The molecule has 0 amide bonds. The molecule has 1 unspecified atom stereocenters. The molecule has 5 heteroatoms. The highest BCUT2D eigenvalue weighted by atomic mass is 16.3. The van der Waals surface area contributed by atoms with Crippen molar-refractivity contribution >= 4 is 0 Å². The van der Waals surface area contributed by atoms with Gasteiger partial charge in [0.2, 0.25) is 0 Å². The Morgan fingerprint density at radius 3 is 2.33 bits per heavy atom. The van der Waals surface area contributed by atoms with E-state index in [1.54, 1.807) is 10.9 Å². The number of aromatic nitrogens is 3. The van der Waals surface area contributed by atoms with Crippen LogP contribution in [0.5, 0.6) is 0 Å². The molecule has 0 aliphatic carbocycles. The molecule has 1 fully saturated rings. The number of rotatable bonds is 3. The second-order valence-electron chi connectivity index (χ2n) is 5.74. The maximum absolute atomic E-state index is 10.6. The maximum atomic E-state index is 10.6. The van der Waals surface area contributed by atoms with Gasteiger partial charge in [-0.25, -0.2) is 4.68 Å². The minimum Gasteiger partial charge on any atom is -0.385 e. The summed E-state index contributed by atoms with van der Waals surface area (Å²) in [4.78, 5) is 2.40. The molecule has 1 aliphatic rings. The van der Waals surface area contributed by atoms with Crippen LogP contribution in [0.1, 0.15) is 51.3 Å². The third kappa shape index (κ3) is 2.57. The van der Waals surface area contributed by atoms with Crippen LogP contribution >= 0.6 is 0 Å². The fraction of sp³-hybridized carbons (Fsp3) is 0.846. The van der Waals surface area contributed by atoms with Crippen LogP contribution in [0.25, 0.3) is 0 Å². The Labute approximate surface area is 109 Å². The SMILES string of the molecule is Cn1nncc1C(O)C(C)(C)N1CCCCCC1. The van der Waals surface area contributed by atoms with Gasteiger partial charge in [0, 0.05) is 12.6 Å². The highest BCUT2D eigenvalue weighted by Gasteiger charge is 2.36. The fourth-order valence-corrected chi connectivity index (χ4v) is 2.73. The van der Waals surface area contributed by atoms with Gasteiger partial charge in [0.05, 0.1) is 11.9 Å². The first-order valence-electron chi connectivity index (χ1n) is 6.81. The Morgan fingerprint density at radius 2 is 1.83 bits per heavy atom. The van der Waals surface area contributed by atoms with Crippen molar-refractivity contribution in [3.05, 3.63) is 11.9 Å². The summed E-state index contributed by atoms with van der Waals surface area (Å²) in [7, 11) is 1.82. The predicted molar refractivity (Wildman–Crippen MR) is 70.1 cm³/mol. The van der Waals surface area contributed by atoms with Gasteiger partial charge in [0.15, 0.2) is 0 Å². The number of nitrogens with zero attached hydrogens (tertiary/aromatic N) is 4. The first-order chi connectivity index (χ1) is 8.53. The standard InChI is InChI=1S/C13H24N4O/c1-13(2,17-8-6-4-5-7-9-17)12(18)11-10-14-15-16(11)3/h10,12,18H,4-9H2,1-3H3. The number of likely N-dealkylation sites (tertiary alicyclic amines) is 1. The lowest BCUT2D eigenvalue weighted by molar-refractivity contribution is -0.0142. The summed E-state index contributed by atoms with van der Waals surface area (Å²) in [5.41, 5.74) is 0.504. The summed E-state index contributed by atoms with van der Waals surface area (Å²) in [5, 5.41) is 18.4. The average Bonchev–Trinajstić information content (AvgIpc) is 2.61. The quantitative estimate of drug-likeness (QED) is 0.886. The number of hydrogen-bond donors (Lipinski definition) is 1. The van der Waals surface area contributed by atoms with E-state index in [1.165, 1.54) is 25.7 Å². The van der Waals surface area contributed by atoms with E-state index in [0.717, 1.165) is 18.8 Å². The van der Waals surface area contributed by atoms with E-state index >= 15 is 0 Å². The Kier molecular flexibility index (Phi) is 4.02. The van der Waals surface area contributed by atoms with Crippen LogP contribution in [0, 0.1) is 0 Å². The second-order valence-corrected chi connectivity index (χ2v) is 5.74. The first kappa shape index (κ1) is 13.5. The van der Waals surface area contributed by atoms with Gasteiger partial charge < -0.3 is 5.11 Å². The second kappa shape index (κ2) is 5.36. The van der Waals surface area contributed by atoms with Gasteiger partial charge in [-0.05, 0) is 39.8 Å². The largest absolute Gasteiger partial charge is 0.385 e. The van der Waals surface area contributed by atoms with Gasteiger partial charge in [-0.15, -0.1) is 5.10 Å². The molecule has 1 aliphatic heterocycles. The van der Waals surface area contributed by atoms with Crippen LogP contribution in [0.4, 0.5) is 0 Å². The van der Waals surface area contributed by atoms with Gasteiger partial charge in [0.1, 0.15) is 6.10 Å². The van der Waals surface area contributed by atoms with Crippen LogP contribution in [-0.2, 0) is 7.05 Å². The van der Waals surface area contributed by atoms with Crippen LogP contribution in [0.15, 0.2) is 6.20 Å². The molecule has 0 bridgehead atoms. The molecule has 102 valence electrons. The van der Waals surface area contributed by atoms with Crippen molar-refractivity contribution in [3.63, 3.8) is 0 Å². The Hall–Kier alpha value is -0.940. The Bertz CT molecular complexity index is 380. The van der Waals surface area contributed by atoms with Crippen LogP contribution in [-0.4, -0.2) is 43.6 Å². The lowest BCUT2D eigenvalue weighted by Gasteiger charge is -2.41. The number of aliphatic hydroxyl groups is 1. The Balaban J connectivity index is 2.16. The number of aliphatic hydroxyl groups excluding tert-OH is 1. The third-order valence-electron chi connectivity index (χ3n) is 4.12. The van der Waals surface area contributed by atoms with Crippen molar-refractivity contribution in [1.82, 2.24) is 19.9 Å². The van der Waals surface area contributed by atoms with Crippen molar-refractivity contribution in [3.8, 4) is 0 Å². The van der Waals surface area contributed by atoms with Gasteiger partial charge in [0.25, 0.3) is 0 Å². The van der Waals surface area contributed by atoms with Crippen LogP contribution in [0.3, 0.4) is 0 Å². The molecule has 5 nitrogen and oxygen atoms in total.